The first-order valence-corrected chi connectivity index (χ1v) is 7.73. The standard InChI is InChI=1S/C17H24N2O2.ClH/c1-11-4-12(2)17(13(3)5-11)21-10-16(20)19-8-14-6-18-7-15(14)9-19;/h4-5,14-15,18H,6-10H2,1-3H3;1H/t14-,15+;. The highest BCUT2D eigenvalue weighted by atomic mass is 35.5. The van der Waals surface area contributed by atoms with E-state index in [1.165, 1.54) is 5.56 Å². The number of benzene rings is 1. The van der Waals surface area contributed by atoms with Gasteiger partial charge < -0.3 is 15.0 Å². The molecule has 3 rings (SSSR count). The highest BCUT2D eigenvalue weighted by molar-refractivity contribution is 5.85. The molecule has 0 aliphatic carbocycles. The lowest BCUT2D eigenvalue weighted by Gasteiger charge is -2.19. The molecule has 1 amide bonds. The Morgan fingerprint density at radius 1 is 1.18 bits per heavy atom. The van der Waals surface area contributed by atoms with Crippen LogP contribution in [0, 0.1) is 32.6 Å². The van der Waals surface area contributed by atoms with Crippen molar-refractivity contribution >= 4 is 18.3 Å². The highest BCUT2D eigenvalue weighted by Crippen LogP contribution is 2.27. The monoisotopic (exact) mass is 324 g/mol. The first-order valence-electron chi connectivity index (χ1n) is 7.73. The third kappa shape index (κ3) is 3.39. The lowest BCUT2D eigenvalue weighted by Crippen LogP contribution is -2.35. The van der Waals surface area contributed by atoms with E-state index in [-0.39, 0.29) is 24.9 Å². The minimum Gasteiger partial charge on any atom is -0.483 e. The molecule has 2 heterocycles. The number of ether oxygens (including phenoxy) is 1. The van der Waals surface area contributed by atoms with Gasteiger partial charge in [-0.2, -0.15) is 0 Å². The van der Waals surface area contributed by atoms with E-state index in [0.29, 0.717) is 11.8 Å². The number of halogens is 1. The molecular formula is C17H25ClN2O2. The molecule has 2 atom stereocenters. The second kappa shape index (κ2) is 6.88. The van der Waals surface area contributed by atoms with Crippen molar-refractivity contribution in [1.82, 2.24) is 10.2 Å². The second-order valence-electron chi connectivity index (χ2n) is 6.49. The van der Waals surface area contributed by atoms with Crippen LogP contribution in [0.4, 0.5) is 0 Å². The van der Waals surface area contributed by atoms with Gasteiger partial charge in [0.05, 0.1) is 0 Å². The molecule has 0 unspecified atom stereocenters. The Hall–Kier alpha value is -1.26. The van der Waals surface area contributed by atoms with Gasteiger partial charge in [0, 0.05) is 26.2 Å². The van der Waals surface area contributed by atoms with Crippen LogP contribution in [0.3, 0.4) is 0 Å². The fourth-order valence-corrected chi connectivity index (χ4v) is 3.68. The van der Waals surface area contributed by atoms with E-state index in [1.54, 1.807) is 0 Å². The van der Waals surface area contributed by atoms with E-state index < -0.39 is 0 Å². The van der Waals surface area contributed by atoms with E-state index >= 15 is 0 Å². The second-order valence-corrected chi connectivity index (χ2v) is 6.49. The van der Waals surface area contributed by atoms with Crippen LogP contribution in [0.2, 0.25) is 0 Å². The van der Waals surface area contributed by atoms with Crippen LogP contribution in [0.1, 0.15) is 16.7 Å². The number of hydrogen-bond acceptors (Lipinski definition) is 3. The Morgan fingerprint density at radius 3 is 2.27 bits per heavy atom. The zero-order valence-electron chi connectivity index (χ0n) is 13.5. The van der Waals surface area contributed by atoms with Gasteiger partial charge in [-0.1, -0.05) is 17.7 Å². The van der Waals surface area contributed by atoms with Gasteiger partial charge in [-0.3, -0.25) is 4.79 Å². The molecule has 0 radical (unpaired) electrons. The average Bonchev–Trinajstić information content (AvgIpc) is 2.97. The van der Waals surface area contributed by atoms with Crippen molar-refractivity contribution in [3.63, 3.8) is 0 Å². The molecule has 0 spiro atoms. The normalized spacial score (nSPS) is 23.1. The van der Waals surface area contributed by atoms with Gasteiger partial charge in [0.15, 0.2) is 6.61 Å². The molecule has 0 bridgehead atoms. The number of nitrogens with zero attached hydrogens (tertiary/aromatic N) is 1. The van der Waals surface area contributed by atoms with Crippen molar-refractivity contribution in [3.8, 4) is 5.75 Å². The van der Waals surface area contributed by atoms with Crippen molar-refractivity contribution in [2.45, 2.75) is 20.8 Å². The van der Waals surface area contributed by atoms with E-state index in [4.69, 9.17) is 4.74 Å². The number of carbonyl (C=O) groups is 1. The molecular weight excluding hydrogens is 300 g/mol. The summed E-state index contributed by atoms with van der Waals surface area (Å²) < 4.78 is 5.81. The van der Waals surface area contributed by atoms with E-state index in [1.807, 2.05) is 18.7 Å². The first kappa shape index (κ1) is 17.1. The van der Waals surface area contributed by atoms with Crippen molar-refractivity contribution in [3.05, 3.63) is 28.8 Å². The fourth-order valence-electron chi connectivity index (χ4n) is 3.68. The molecule has 1 aromatic rings. The minimum atomic E-state index is 0. The summed E-state index contributed by atoms with van der Waals surface area (Å²) in [6, 6.07) is 4.19. The summed E-state index contributed by atoms with van der Waals surface area (Å²) in [6.07, 6.45) is 0. The molecule has 1 N–H and O–H groups in total. The smallest absolute Gasteiger partial charge is 0.260 e. The Balaban J connectivity index is 0.00000176. The summed E-state index contributed by atoms with van der Waals surface area (Å²) >= 11 is 0. The van der Waals surface area contributed by atoms with Crippen LogP contribution in [-0.2, 0) is 4.79 Å². The molecule has 22 heavy (non-hydrogen) atoms. The van der Waals surface area contributed by atoms with Crippen molar-refractivity contribution in [1.29, 1.82) is 0 Å². The van der Waals surface area contributed by atoms with Crippen LogP contribution in [-0.4, -0.2) is 43.6 Å². The van der Waals surface area contributed by atoms with Crippen LogP contribution >= 0.6 is 12.4 Å². The average molecular weight is 325 g/mol. The van der Waals surface area contributed by atoms with E-state index in [0.717, 1.165) is 43.1 Å². The summed E-state index contributed by atoms with van der Waals surface area (Å²) in [4.78, 5) is 14.3. The SMILES string of the molecule is Cc1cc(C)c(OCC(=O)N2C[C@H]3CNC[C@H]3C2)c(C)c1.Cl. The molecule has 2 aliphatic heterocycles. The predicted molar refractivity (Wildman–Crippen MR) is 89.8 cm³/mol. The highest BCUT2D eigenvalue weighted by Gasteiger charge is 2.38. The summed E-state index contributed by atoms with van der Waals surface area (Å²) in [5.41, 5.74) is 3.43. The van der Waals surface area contributed by atoms with Crippen molar-refractivity contribution in [2.24, 2.45) is 11.8 Å². The number of nitrogens with one attached hydrogen (secondary N) is 1. The number of likely N-dealkylation sites (tertiary alicyclic amines) is 1. The molecule has 4 nitrogen and oxygen atoms in total. The van der Waals surface area contributed by atoms with Crippen molar-refractivity contribution < 1.29 is 9.53 Å². The molecule has 0 saturated carbocycles. The maximum absolute atomic E-state index is 12.3. The molecule has 122 valence electrons. The number of carbonyl (C=O) groups excluding carboxylic acids is 1. The zero-order valence-corrected chi connectivity index (χ0v) is 14.3. The van der Waals surface area contributed by atoms with Gasteiger partial charge in [-0.05, 0) is 43.7 Å². The number of hydrogen-bond donors (Lipinski definition) is 1. The van der Waals surface area contributed by atoms with E-state index in [2.05, 4.69) is 24.4 Å². The summed E-state index contributed by atoms with van der Waals surface area (Å²) in [5.74, 6) is 2.24. The Bertz CT molecular complexity index is 527. The first-order chi connectivity index (χ1) is 10.0. The zero-order chi connectivity index (χ0) is 15.0. The molecule has 2 saturated heterocycles. The van der Waals surface area contributed by atoms with E-state index in [9.17, 15) is 4.79 Å². The van der Waals surface area contributed by atoms with Gasteiger partial charge in [0.25, 0.3) is 5.91 Å². The molecule has 1 aromatic carbocycles. The fraction of sp³-hybridized carbons (Fsp3) is 0.588. The molecule has 2 fully saturated rings. The largest absolute Gasteiger partial charge is 0.483 e. The summed E-state index contributed by atoms with van der Waals surface area (Å²) in [5, 5.41) is 3.39. The third-order valence-electron chi connectivity index (χ3n) is 4.69. The minimum absolute atomic E-state index is 0. The Morgan fingerprint density at radius 2 is 1.73 bits per heavy atom. The molecule has 5 heteroatoms. The quantitative estimate of drug-likeness (QED) is 0.925. The summed E-state index contributed by atoms with van der Waals surface area (Å²) in [7, 11) is 0. The number of amides is 1. The number of fused-ring (bicyclic) bond motifs is 1. The van der Waals surface area contributed by atoms with Gasteiger partial charge in [-0.25, -0.2) is 0 Å². The number of rotatable bonds is 3. The van der Waals surface area contributed by atoms with Crippen LogP contribution in [0.15, 0.2) is 12.1 Å². The van der Waals surface area contributed by atoms with Crippen LogP contribution < -0.4 is 10.1 Å². The lowest BCUT2D eigenvalue weighted by molar-refractivity contribution is -0.132. The van der Waals surface area contributed by atoms with Gasteiger partial charge in [0.1, 0.15) is 5.75 Å². The maximum Gasteiger partial charge on any atom is 0.260 e. The third-order valence-corrected chi connectivity index (χ3v) is 4.69. The summed E-state index contributed by atoms with van der Waals surface area (Å²) in [6.45, 7) is 10.1. The topological polar surface area (TPSA) is 41.6 Å². The number of aryl methyl sites for hydroxylation is 3. The van der Waals surface area contributed by atoms with Gasteiger partial charge >= 0.3 is 0 Å². The van der Waals surface area contributed by atoms with Crippen LogP contribution in [0.5, 0.6) is 5.75 Å². The Kier molecular flexibility index (Phi) is 5.35. The Labute approximate surface area is 138 Å². The van der Waals surface area contributed by atoms with Crippen molar-refractivity contribution in [2.75, 3.05) is 32.8 Å². The lowest BCUT2D eigenvalue weighted by atomic mass is 10.0. The van der Waals surface area contributed by atoms with Crippen LogP contribution in [0.25, 0.3) is 0 Å². The van der Waals surface area contributed by atoms with Gasteiger partial charge in [-0.15, -0.1) is 12.4 Å². The molecule has 0 aromatic heterocycles. The maximum atomic E-state index is 12.3. The van der Waals surface area contributed by atoms with Gasteiger partial charge in [0.2, 0.25) is 0 Å². The predicted octanol–water partition coefficient (Wildman–Crippen LogP) is 2.09. The molecule has 2 aliphatic rings.